The van der Waals surface area contributed by atoms with Crippen LogP contribution in [0.25, 0.3) is 0 Å². The minimum absolute atomic E-state index is 0.536. The summed E-state index contributed by atoms with van der Waals surface area (Å²) in [4.78, 5) is 12.8. The van der Waals surface area contributed by atoms with Crippen LogP contribution in [-0.4, -0.2) is 22.1 Å². The summed E-state index contributed by atoms with van der Waals surface area (Å²) in [6.07, 6.45) is 5.67. The van der Waals surface area contributed by atoms with E-state index in [4.69, 9.17) is 4.74 Å². The monoisotopic (exact) mass is 583 g/mol. The van der Waals surface area contributed by atoms with Gasteiger partial charge in [0.05, 0.1) is 7.11 Å². The Labute approximate surface area is 263 Å². The SMILES string of the molecule is COc1cc(C)cc(C(C)C)c1.Cc1cc(C)nc(C(C)C)c1.Cc1ccnc(C(C)C)c1.Cc1cncc(C(C)C)c1. The molecule has 0 N–H and O–H groups in total. The zero-order valence-electron chi connectivity index (χ0n) is 29.4. The van der Waals surface area contributed by atoms with Crippen LogP contribution in [0, 0.1) is 34.6 Å². The molecule has 3 heterocycles. The second kappa shape index (κ2) is 18.9. The van der Waals surface area contributed by atoms with E-state index in [0.717, 1.165) is 11.4 Å². The molecular weight excluding hydrogens is 526 g/mol. The van der Waals surface area contributed by atoms with Gasteiger partial charge in [-0.25, -0.2) is 0 Å². The Balaban J connectivity index is 0.000000287. The zero-order chi connectivity index (χ0) is 32.7. The maximum atomic E-state index is 5.19. The molecule has 0 aliphatic rings. The Morgan fingerprint density at radius 1 is 0.535 bits per heavy atom. The molecule has 0 unspecified atom stereocenters. The van der Waals surface area contributed by atoms with Gasteiger partial charge in [0.2, 0.25) is 0 Å². The van der Waals surface area contributed by atoms with Crippen LogP contribution in [0.5, 0.6) is 5.75 Å². The van der Waals surface area contributed by atoms with Crippen molar-refractivity contribution in [3.8, 4) is 5.75 Å². The van der Waals surface area contributed by atoms with E-state index in [1.807, 2.05) is 37.6 Å². The average Bonchev–Trinajstić information content (AvgIpc) is 2.93. The van der Waals surface area contributed by atoms with Crippen LogP contribution in [0.15, 0.2) is 67.1 Å². The van der Waals surface area contributed by atoms with Crippen molar-refractivity contribution >= 4 is 0 Å². The molecular formula is C39H57N3O. The van der Waals surface area contributed by atoms with E-state index in [2.05, 4.69) is 134 Å². The maximum Gasteiger partial charge on any atom is 0.119 e. The first-order valence-electron chi connectivity index (χ1n) is 15.6. The van der Waals surface area contributed by atoms with Gasteiger partial charge in [0.1, 0.15) is 5.75 Å². The molecule has 0 spiro atoms. The number of pyridine rings is 3. The van der Waals surface area contributed by atoms with Gasteiger partial charge < -0.3 is 4.74 Å². The molecule has 0 saturated heterocycles. The molecule has 3 aromatic heterocycles. The van der Waals surface area contributed by atoms with Gasteiger partial charge in [-0.2, -0.15) is 0 Å². The van der Waals surface area contributed by atoms with Crippen molar-refractivity contribution in [2.45, 2.75) is 114 Å². The Morgan fingerprint density at radius 3 is 1.53 bits per heavy atom. The Morgan fingerprint density at radius 2 is 1.09 bits per heavy atom. The van der Waals surface area contributed by atoms with Gasteiger partial charge in [-0.15, -0.1) is 0 Å². The van der Waals surface area contributed by atoms with Crippen LogP contribution >= 0.6 is 0 Å². The molecule has 1 aromatic carbocycles. The number of nitrogens with zero attached hydrogens (tertiary/aromatic N) is 3. The number of methoxy groups -OCH3 is 1. The molecule has 0 amide bonds. The molecule has 0 atom stereocenters. The number of hydrogen-bond acceptors (Lipinski definition) is 4. The van der Waals surface area contributed by atoms with Crippen LogP contribution in [0.2, 0.25) is 0 Å². The molecule has 0 bridgehead atoms. The van der Waals surface area contributed by atoms with E-state index in [0.29, 0.717) is 23.7 Å². The molecule has 234 valence electrons. The standard InChI is InChI=1S/C11H16O.C10H15N.2C9H13N/c1-8(2)10-5-9(3)6-11(7-10)12-4;1-7(2)10-6-8(3)5-9(4)11-10;1-7(2)9-4-8(3)5-10-6-9;1-7(2)9-6-8(3)4-5-10-9/h5-8H,1-4H3;5-7H,1-4H3;2*4-7H,1-3H3. The first-order chi connectivity index (χ1) is 20.1. The largest absolute Gasteiger partial charge is 0.497 e. The normalized spacial score (nSPS) is 10.5. The number of aromatic nitrogens is 3. The summed E-state index contributed by atoms with van der Waals surface area (Å²) in [5, 5.41) is 0. The van der Waals surface area contributed by atoms with E-state index in [1.165, 1.54) is 44.8 Å². The zero-order valence-corrected chi connectivity index (χ0v) is 29.4. The van der Waals surface area contributed by atoms with Crippen molar-refractivity contribution in [1.82, 2.24) is 15.0 Å². The Kier molecular flexibility index (Phi) is 16.5. The highest BCUT2D eigenvalue weighted by Crippen LogP contribution is 2.22. The minimum Gasteiger partial charge on any atom is -0.497 e. The van der Waals surface area contributed by atoms with Crippen LogP contribution in [0.3, 0.4) is 0 Å². The average molecular weight is 584 g/mol. The van der Waals surface area contributed by atoms with Crippen LogP contribution in [0.4, 0.5) is 0 Å². The third kappa shape index (κ3) is 15.0. The predicted molar refractivity (Wildman–Crippen MR) is 186 cm³/mol. The smallest absolute Gasteiger partial charge is 0.119 e. The highest BCUT2D eigenvalue weighted by atomic mass is 16.5. The van der Waals surface area contributed by atoms with Gasteiger partial charge in [0.15, 0.2) is 0 Å². The third-order valence-corrected chi connectivity index (χ3v) is 6.78. The molecule has 4 heteroatoms. The number of rotatable bonds is 5. The number of aryl methyl sites for hydroxylation is 5. The van der Waals surface area contributed by atoms with Gasteiger partial charge in [-0.05, 0) is 128 Å². The summed E-state index contributed by atoms with van der Waals surface area (Å²) >= 11 is 0. The number of benzene rings is 1. The molecule has 0 aliphatic heterocycles. The topological polar surface area (TPSA) is 47.9 Å². The Hall–Kier alpha value is -3.53. The second-order valence-electron chi connectivity index (χ2n) is 12.7. The first kappa shape index (κ1) is 37.5. The summed E-state index contributed by atoms with van der Waals surface area (Å²) in [6.45, 7) is 27.8. The molecule has 4 aromatic rings. The molecule has 0 fully saturated rings. The highest BCUT2D eigenvalue weighted by molar-refractivity contribution is 5.35. The van der Waals surface area contributed by atoms with Gasteiger partial charge in [0, 0.05) is 35.7 Å². The first-order valence-corrected chi connectivity index (χ1v) is 15.6. The van der Waals surface area contributed by atoms with E-state index in [9.17, 15) is 0 Å². The Bertz CT molecular complexity index is 1300. The van der Waals surface area contributed by atoms with Crippen molar-refractivity contribution in [2.75, 3.05) is 7.11 Å². The third-order valence-electron chi connectivity index (χ3n) is 6.78. The minimum atomic E-state index is 0.536. The fourth-order valence-corrected chi connectivity index (χ4v) is 4.17. The van der Waals surface area contributed by atoms with Gasteiger partial charge in [0.25, 0.3) is 0 Å². The second-order valence-corrected chi connectivity index (χ2v) is 12.7. The molecule has 0 radical (unpaired) electrons. The van der Waals surface area contributed by atoms with Crippen molar-refractivity contribution in [3.63, 3.8) is 0 Å². The van der Waals surface area contributed by atoms with Gasteiger partial charge in [-0.3, -0.25) is 15.0 Å². The van der Waals surface area contributed by atoms with E-state index in [-0.39, 0.29) is 0 Å². The summed E-state index contributed by atoms with van der Waals surface area (Å²) in [6, 6.07) is 16.9. The lowest BCUT2D eigenvalue weighted by molar-refractivity contribution is 0.413. The number of ether oxygens (including phenoxy) is 1. The van der Waals surface area contributed by atoms with E-state index >= 15 is 0 Å². The summed E-state index contributed by atoms with van der Waals surface area (Å²) in [5.74, 6) is 3.19. The quantitative estimate of drug-likeness (QED) is 0.234. The highest BCUT2D eigenvalue weighted by Gasteiger charge is 2.03. The lowest BCUT2D eigenvalue weighted by Gasteiger charge is -2.08. The molecule has 4 rings (SSSR count). The summed E-state index contributed by atoms with van der Waals surface area (Å²) < 4.78 is 5.19. The maximum absolute atomic E-state index is 5.19. The van der Waals surface area contributed by atoms with E-state index < -0.39 is 0 Å². The van der Waals surface area contributed by atoms with Crippen molar-refractivity contribution in [2.24, 2.45) is 0 Å². The van der Waals surface area contributed by atoms with E-state index in [1.54, 1.807) is 7.11 Å². The van der Waals surface area contributed by atoms with Crippen LogP contribution in [0.1, 0.15) is 130 Å². The van der Waals surface area contributed by atoms with Crippen LogP contribution in [-0.2, 0) is 0 Å². The van der Waals surface area contributed by atoms with Crippen molar-refractivity contribution < 1.29 is 4.74 Å². The molecule has 43 heavy (non-hydrogen) atoms. The molecule has 4 nitrogen and oxygen atoms in total. The summed E-state index contributed by atoms with van der Waals surface area (Å²) in [7, 11) is 1.71. The molecule has 0 aliphatic carbocycles. The lowest BCUT2D eigenvalue weighted by atomic mass is 10.0. The van der Waals surface area contributed by atoms with Gasteiger partial charge >= 0.3 is 0 Å². The summed E-state index contributed by atoms with van der Waals surface area (Å²) in [5.41, 5.74) is 11.3. The van der Waals surface area contributed by atoms with Crippen LogP contribution < -0.4 is 4.74 Å². The van der Waals surface area contributed by atoms with Crippen molar-refractivity contribution in [1.29, 1.82) is 0 Å². The fourth-order valence-electron chi connectivity index (χ4n) is 4.17. The molecule has 0 saturated carbocycles. The van der Waals surface area contributed by atoms with Crippen molar-refractivity contribution in [3.05, 3.63) is 118 Å². The fraction of sp³-hybridized carbons (Fsp3) is 0.462. The number of hydrogen-bond donors (Lipinski definition) is 0. The predicted octanol–water partition coefficient (Wildman–Crippen LogP) is 11.0. The lowest BCUT2D eigenvalue weighted by Crippen LogP contribution is -1.95. The van der Waals surface area contributed by atoms with Gasteiger partial charge in [-0.1, -0.05) is 67.5 Å².